The van der Waals surface area contributed by atoms with Gasteiger partial charge in [-0.25, -0.2) is 0 Å². The molecule has 0 spiro atoms. The smallest absolute Gasteiger partial charge is 0.252 e. The van der Waals surface area contributed by atoms with Crippen molar-refractivity contribution in [1.82, 2.24) is 4.57 Å². The number of pyridine rings is 1. The maximum Gasteiger partial charge on any atom is 0.252 e. The van der Waals surface area contributed by atoms with E-state index in [1.807, 2.05) is 22.8 Å². The molecule has 1 aliphatic rings. The molecule has 0 N–H and O–H groups in total. The SMILES string of the molecule is O=c1cccc2n1CCCN2Cc1ccccc1. The van der Waals surface area contributed by atoms with Gasteiger partial charge in [0.05, 0.1) is 0 Å². The summed E-state index contributed by atoms with van der Waals surface area (Å²) in [5, 5.41) is 0. The molecule has 92 valence electrons. The first kappa shape index (κ1) is 11.1. The first-order chi connectivity index (χ1) is 8.84. The van der Waals surface area contributed by atoms with Crippen LogP contribution in [0.2, 0.25) is 0 Å². The molecule has 1 aromatic carbocycles. The van der Waals surface area contributed by atoms with Crippen LogP contribution in [-0.2, 0) is 13.1 Å². The average Bonchev–Trinajstić information content (AvgIpc) is 2.41. The molecule has 0 aliphatic carbocycles. The largest absolute Gasteiger partial charge is 0.354 e. The van der Waals surface area contributed by atoms with E-state index in [9.17, 15) is 4.79 Å². The van der Waals surface area contributed by atoms with Crippen LogP contribution in [0.3, 0.4) is 0 Å². The standard InChI is InChI=1S/C15H16N2O/c18-15-9-4-8-14-16(10-5-11-17(14)15)12-13-6-2-1-3-7-13/h1-4,6-9H,5,10-12H2. The van der Waals surface area contributed by atoms with Crippen LogP contribution in [0.15, 0.2) is 53.3 Å². The van der Waals surface area contributed by atoms with E-state index < -0.39 is 0 Å². The van der Waals surface area contributed by atoms with Gasteiger partial charge in [-0.15, -0.1) is 0 Å². The summed E-state index contributed by atoms with van der Waals surface area (Å²) in [5.74, 6) is 1.04. The fourth-order valence-electron chi connectivity index (χ4n) is 2.51. The quantitative estimate of drug-likeness (QED) is 0.804. The Labute approximate surface area is 106 Å². The molecule has 0 atom stereocenters. The molecule has 0 saturated carbocycles. The fraction of sp³-hybridized carbons (Fsp3) is 0.267. The van der Waals surface area contributed by atoms with Gasteiger partial charge < -0.3 is 4.90 Å². The van der Waals surface area contributed by atoms with Crippen molar-refractivity contribution in [2.45, 2.75) is 19.5 Å². The van der Waals surface area contributed by atoms with E-state index in [0.29, 0.717) is 0 Å². The van der Waals surface area contributed by atoms with Crippen LogP contribution in [0.25, 0.3) is 0 Å². The van der Waals surface area contributed by atoms with Gasteiger partial charge >= 0.3 is 0 Å². The lowest BCUT2D eigenvalue weighted by atomic mass is 10.2. The molecule has 3 nitrogen and oxygen atoms in total. The van der Waals surface area contributed by atoms with Gasteiger partial charge in [-0.1, -0.05) is 36.4 Å². The minimum Gasteiger partial charge on any atom is -0.354 e. The van der Waals surface area contributed by atoms with Crippen LogP contribution in [0.4, 0.5) is 5.82 Å². The van der Waals surface area contributed by atoms with Crippen molar-refractivity contribution >= 4 is 5.82 Å². The van der Waals surface area contributed by atoms with Crippen LogP contribution >= 0.6 is 0 Å². The Morgan fingerprint density at radius 3 is 2.61 bits per heavy atom. The lowest BCUT2D eigenvalue weighted by Gasteiger charge is -2.31. The predicted molar refractivity (Wildman–Crippen MR) is 72.8 cm³/mol. The van der Waals surface area contributed by atoms with Crippen molar-refractivity contribution in [2.75, 3.05) is 11.4 Å². The second-order valence-electron chi connectivity index (χ2n) is 4.63. The normalized spacial score (nSPS) is 14.3. The summed E-state index contributed by atoms with van der Waals surface area (Å²) in [5.41, 5.74) is 1.38. The molecule has 3 rings (SSSR count). The van der Waals surface area contributed by atoms with Gasteiger partial charge in [0.2, 0.25) is 0 Å². The molecular formula is C15H16N2O. The van der Waals surface area contributed by atoms with Gasteiger partial charge in [0.25, 0.3) is 5.56 Å². The zero-order valence-electron chi connectivity index (χ0n) is 10.2. The van der Waals surface area contributed by atoms with E-state index in [-0.39, 0.29) is 5.56 Å². The Balaban J connectivity index is 1.92. The van der Waals surface area contributed by atoms with E-state index in [1.54, 1.807) is 6.07 Å². The first-order valence-electron chi connectivity index (χ1n) is 6.33. The Kier molecular flexibility index (Phi) is 2.89. The maximum absolute atomic E-state index is 11.8. The topological polar surface area (TPSA) is 25.2 Å². The van der Waals surface area contributed by atoms with E-state index in [4.69, 9.17) is 0 Å². The minimum atomic E-state index is 0.102. The summed E-state index contributed by atoms with van der Waals surface area (Å²) in [4.78, 5) is 14.1. The highest BCUT2D eigenvalue weighted by Crippen LogP contribution is 2.20. The van der Waals surface area contributed by atoms with Gasteiger partial charge in [0, 0.05) is 25.7 Å². The Hall–Kier alpha value is -2.03. The van der Waals surface area contributed by atoms with Crippen LogP contribution in [0.5, 0.6) is 0 Å². The summed E-state index contributed by atoms with van der Waals surface area (Å²) in [6.45, 7) is 2.71. The molecule has 2 aromatic rings. The van der Waals surface area contributed by atoms with E-state index in [1.165, 1.54) is 5.56 Å². The van der Waals surface area contributed by atoms with Gasteiger partial charge in [-0.2, -0.15) is 0 Å². The molecule has 0 saturated heterocycles. The number of fused-ring (bicyclic) bond motifs is 1. The molecule has 3 heteroatoms. The monoisotopic (exact) mass is 240 g/mol. The van der Waals surface area contributed by atoms with Crippen LogP contribution in [0, 0.1) is 0 Å². The summed E-state index contributed by atoms with van der Waals surface area (Å²) in [6.07, 6.45) is 1.03. The molecule has 1 aliphatic heterocycles. The third-order valence-electron chi connectivity index (χ3n) is 3.38. The summed E-state index contributed by atoms with van der Waals surface area (Å²) in [7, 11) is 0. The number of benzene rings is 1. The molecule has 0 bridgehead atoms. The van der Waals surface area contributed by atoms with Crippen LogP contribution < -0.4 is 10.5 Å². The number of hydrogen-bond acceptors (Lipinski definition) is 2. The summed E-state index contributed by atoms with van der Waals surface area (Å²) in [6, 6.07) is 15.9. The average molecular weight is 240 g/mol. The van der Waals surface area contributed by atoms with Crippen LogP contribution in [-0.4, -0.2) is 11.1 Å². The minimum absolute atomic E-state index is 0.102. The number of rotatable bonds is 2. The van der Waals surface area contributed by atoms with Crippen molar-refractivity contribution in [3.8, 4) is 0 Å². The summed E-state index contributed by atoms with van der Waals surface area (Å²) < 4.78 is 1.87. The lowest BCUT2D eigenvalue weighted by Crippen LogP contribution is -2.36. The highest BCUT2D eigenvalue weighted by Gasteiger charge is 2.16. The van der Waals surface area contributed by atoms with Gasteiger partial charge in [-0.05, 0) is 18.1 Å². The van der Waals surface area contributed by atoms with Crippen molar-refractivity contribution < 1.29 is 0 Å². The second kappa shape index (κ2) is 4.69. The van der Waals surface area contributed by atoms with Crippen molar-refractivity contribution in [3.63, 3.8) is 0 Å². The number of aromatic nitrogens is 1. The van der Waals surface area contributed by atoms with E-state index >= 15 is 0 Å². The maximum atomic E-state index is 11.8. The molecule has 0 radical (unpaired) electrons. The Morgan fingerprint density at radius 2 is 1.78 bits per heavy atom. The third kappa shape index (κ3) is 2.04. The highest BCUT2D eigenvalue weighted by molar-refractivity contribution is 5.42. The molecule has 2 heterocycles. The predicted octanol–water partition coefficient (Wildman–Crippen LogP) is 2.26. The molecular weight excluding hydrogens is 224 g/mol. The molecule has 0 amide bonds. The highest BCUT2D eigenvalue weighted by atomic mass is 16.1. The molecule has 0 unspecified atom stereocenters. The number of anilines is 1. The van der Waals surface area contributed by atoms with Crippen molar-refractivity contribution in [3.05, 3.63) is 64.4 Å². The Bertz CT molecular complexity index is 589. The molecule has 1 aromatic heterocycles. The zero-order valence-corrected chi connectivity index (χ0v) is 10.2. The Morgan fingerprint density at radius 1 is 0.944 bits per heavy atom. The van der Waals surface area contributed by atoms with Gasteiger partial charge in [-0.3, -0.25) is 9.36 Å². The lowest BCUT2D eigenvalue weighted by molar-refractivity contribution is 0.544. The fourth-order valence-corrected chi connectivity index (χ4v) is 2.51. The first-order valence-corrected chi connectivity index (χ1v) is 6.33. The second-order valence-corrected chi connectivity index (χ2v) is 4.63. The number of nitrogens with zero attached hydrogens (tertiary/aromatic N) is 2. The van der Waals surface area contributed by atoms with E-state index in [2.05, 4.69) is 29.2 Å². The zero-order chi connectivity index (χ0) is 12.4. The number of hydrogen-bond donors (Lipinski definition) is 0. The van der Waals surface area contributed by atoms with E-state index in [0.717, 1.165) is 31.9 Å². The van der Waals surface area contributed by atoms with Crippen molar-refractivity contribution in [2.24, 2.45) is 0 Å². The summed E-state index contributed by atoms with van der Waals surface area (Å²) >= 11 is 0. The van der Waals surface area contributed by atoms with Gasteiger partial charge in [0.15, 0.2) is 0 Å². The van der Waals surface area contributed by atoms with Crippen molar-refractivity contribution in [1.29, 1.82) is 0 Å². The van der Waals surface area contributed by atoms with Gasteiger partial charge in [0.1, 0.15) is 5.82 Å². The van der Waals surface area contributed by atoms with Crippen LogP contribution in [0.1, 0.15) is 12.0 Å². The molecule has 18 heavy (non-hydrogen) atoms. The molecule has 0 fully saturated rings. The third-order valence-corrected chi connectivity index (χ3v) is 3.38.